The van der Waals surface area contributed by atoms with E-state index >= 15 is 0 Å². The highest BCUT2D eigenvalue weighted by molar-refractivity contribution is 7.09. The highest BCUT2D eigenvalue weighted by Crippen LogP contribution is 2.20. The van der Waals surface area contributed by atoms with Crippen molar-refractivity contribution in [2.75, 3.05) is 13.1 Å². The molecule has 1 atom stereocenters. The maximum Gasteiger partial charge on any atom is 0.221 e. The van der Waals surface area contributed by atoms with Gasteiger partial charge in [0, 0.05) is 11.9 Å². The van der Waals surface area contributed by atoms with Crippen LogP contribution in [0.2, 0.25) is 0 Å². The van der Waals surface area contributed by atoms with Crippen LogP contribution in [0.5, 0.6) is 0 Å². The number of thiazole rings is 1. The smallest absolute Gasteiger partial charge is 0.221 e. The number of aromatic nitrogens is 1. The van der Waals surface area contributed by atoms with Crippen LogP contribution >= 0.6 is 22.9 Å². The first-order valence-corrected chi connectivity index (χ1v) is 7.11. The predicted molar refractivity (Wildman–Crippen MR) is 68.9 cm³/mol. The molecule has 0 bridgehead atoms. The van der Waals surface area contributed by atoms with Crippen LogP contribution in [0, 0.1) is 5.92 Å². The third kappa shape index (κ3) is 3.40. The van der Waals surface area contributed by atoms with Crippen LogP contribution in [-0.4, -0.2) is 28.9 Å². The fourth-order valence-corrected chi connectivity index (χ4v) is 3.17. The van der Waals surface area contributed by atoms with Crippen LogP contribution in [0.3, 0.4) is 0 Å². The fraction of sp³-hybridized carbons (Fsp3) is 0.636. The Morgan fingerprint density at radius 3 is 3.18 bits per heavy atom. The third-order valence-electron chi connectivity index (χ3n) is 3.00. The van der Waals surface area contributed by atoms with Gasteiger partial charge in [0.2, 0.25) is 5.91 Å². The average Bonchev–Trinajstić information content (AvgIpc) is 2.77. The van der Waals surface area contributed by atoms with Gasteiger partial charge in [-0.1, -0.05) is 0 Å². The number of hydrogen-bond acceptors (Lipinski definition) is 4. The zero-order chi connectivity index (χ0) is 12.3. The number of alkyl halides is 1. The Labute approximate surface area is 110 Å². The second-order valence-electron chi connectivity index (χ2n) is 4.34. The largest absolute Gasteiger partial charge is 0.369 e. The Kier molecular flexibility index (Phi) is 4.36. The summed E-state index contributed by atoms with van der Waals surface area (Å²) in [7, 11) is 0. The van der Waals surface area contributed by atoms with Gasteiger partial charge < -0.3 is 5.73 Å². The van der Waals surface area contributed by atoms with E-state index in [2.05, 4.69) is 9.88 Å². The maximum absolute atomic E-state index is 11.2. The number of hydrogen-bond donors (Lipinski definition) is 1. The van der Waals surface area contributed by atoms with E-state index < -0.39 is 0 Å². The Balaban J connectivity index is 1.92. The number of primary amides is 1. The Hall–Kier alpha value is -0.650. The molecule has 1 unspecified atom stereocenters. The summed E-state index contributed by atoms with van der Waals surface area (Å²) in [5.41, 5.74) is 6.28. The zero-order valence-electron chi connectivity index (χ0n) is 9.56. The van der Waals surface area contributed by atoms with Gasteiger partial charge in [0.1, 0.15) is 5.01 Å². The molecule has 0 saturated carbocycles. The lowest BCUT2D eigenvalue weighted by atomic mass is 9.98. The Bertz CT molecular complexity index is 396. The number of piperidine rings is 1. The molecule has 0 spiro atoms. The van der Waals surface area contributed by atoms with Gasteiger partial charge in [-0.2, -0.15) is 0 Å². The van der Waals surface area contributed by atoms with Crippen LogP contribution in [-0.2, 0) is 17.2 Å². The lowest BCUT2D eigenvalue weighted by Gasteiger charge is -2.30. The highest BCUT2D eigenvalue weighted by Gasteiger charge is 2.24. The van der Waals surface area contributed by atoms with Crippen LogP contribution < -0.4 is 5.73 Å². The highest BCUT2D eigenvalue weighted by atomic mass is 35.5. The molecule has 94 valence electrons. The van der Waals surface area contributed by atoms with Crippen LogP contribution in [0.25, 0.3) is 0 Å². The quantitative estimate of drug-likeness (QED) is 0.848. The molecule has 1 aromatic heterocycles. The summed E-state index contributed by atoms with van der Waals surface area (Å²) in [6.07, 6.45) is 1.94. The van der Waals surface area contributed by atoms with Crippen molar-refractivity contribution in [3.05, 3.63) is 16.1 Å². The molecule has 1 fully saturated rings. The van der Waals surface area contributed by atoms with Gasteiger partial charge in [0.05, 0.1) is 24.0 Å². The predicted octanol–water partition coefficient (Wildman–Crippen LogP) is 1.58. The van der Waals surface area contributed by atoms with E-state index in [4.69, 9.17) is 17.3 Å². The summed E-state index contributed by atoms with van der Waals surface area (Å²) in [5, 5.41) is 3.04. The molecule has 2 rings (SSSR count). The molecule has 0 radical (unpaired) electrons. The number of rotatable bonds is 4. The minimum absolute atomic E-state index is 0.00351. The molecule has 2 heterocycles. The number of halogens is 1. The zero-order valence-corrected chi connectivity index (χ0v) is 11.1. The normalized spacial score (nSPS) is 21.6. The van der Waals surface area contributed by atoms with Crippen molar-refractivity contribution in [3.63, 3.8) is 0 Å². The van der Waals surface area contributed by atoms with Gasteiger partial charge in [-0.05, 0) is 19.4 Å². The number of amides is 1. The van der Waals surface area contributed by atoms with E-state index in [1.807, 2.05) is 5.38 Å². The standard InChI is InChI=1S/C11H16ClN3OS/c12-4-9-7-17-10(14-9)6-15-3-1-2-8(5-15)11(13)16/h7-8H,1-6H2,(H2,13,16). The second kappa shape index (κ2) is 5.80. The molecule has 0 aromatic carbocycles. The molecular formula is C11H16ClN3OS. The Morgan fingerprint density at radius 1 is 1.71 bits per heavy atom. The fourth-order valence-electron chi connectivity index (χ4n) is 2.11. The van der Waals surface area contributed by atoms with Gasteiger partial charge in [0.25, 0.3) is 0 Å². The third-order valence-corrected chi connectivity index (χ3v) is 4.16. The first kappa shape index (κ1) is 12.8. The van der Waals surface area contributed by atoms with Crippen molar-refractivity contribution in [1.29, 1.82) is 0 Å². The lowest BCUT2D eigenvalue weighted by molar-refractivity contribution is -0.123. The summed E-state index contributed by atoms with van der Waals surface area (Å²) >= 11 is 7.34. The topological polar surface area (TPSA) is 59.2 Å². The number of likely N-dealkylation sites (tertiary alicyclic amines) is 1. The van der Waals surface area contributed by atoms with E-state index in [0.29, 0.717) is 5.88 Å². The van der Waals surface area contributed by atoms with Gasteiger partial charge >= 0.3 is 0 Å². The molecule has 6 heteroatoms. The second-order valence-corrected chi connectivity index (χ2v) is 5.55. The number of carbonyl (C=O) groups excluding carboxylic acids is 1. The summed E-state index contributed by atoms with van der Waals surface area (Å²) in [4.78, 5) is 17.8. The van der Waals surface area contributed by atoms with E-state index in [1.54, 1.807) is 11.3 Å². The monoisotopic (exact) mass is 273 g/mol. The van der Waals surface area contributed by atoms with Crippen molar-refractivity contribution >= 4 is 28.8 Å². The van der Waals surface area contributed by atoms with Gasteiger partial charge in [-0.25, -0.2) is 4.98 Å². The minimum atomic E-state index is -0.185. The maximum atomic E-state index is 11.2. The first-order chi connectivity index (χ1) is 8.19. The molecular weight excluding hydrogens is 258 g/mol. The first-order valence-electron chi connectivity index (χ1n) is 5.70. The molecule has 17 heavy (non-hydrogen) atoms. The summed E-state index contributed by atoms with van der Waals surface area (Å²) in [6.45, 7) is 2.57. The molecule has 2 N–H and O–H groups in total. The average molecular weight is 274 g/mol. The van der Waals surface area contributed by atoms with Gasteiger partial charge in [-0.3, -0.25) is 9.69 Å². The number of nitrogens with zero attached hydrogens (tertiary/aromatic N) is 2. The van der Waals surface area contributed by atoms with Crippen molar-refractivity contribution in [1.82, 2.24) is 9.88 Å². The Morgan fingerprint density at radius 2 is 2.53 bits per heavy atom. The number of nitrogens with two attached hydrogens (primary N) is 1. The molecule has 1 aliphatic heterocycles. The van der Waals surface area contributed by atoms with Crippen molar-refractivity contribution in [3.8, 4) is 0 Å². The van der Waals surface area contributed by atoms with Crippen LogP contribution in [0.15, 0.2) is 5.38 Å². The molecule has 1 aromatic rings. The number of carbonyl (C=O) groups is 1. The van der Waals surface area contributed by atoms with Gasteiger partial charge in [0.15, 0.2) is 0 Å². The van der Waals surface area contributed by atoms with E-state index in [0.717, 1.165) is 43.2 Å². The summed E-state index contributed by atoms with van der Waals surface area (Å²) < 4.78 is 0. The van der Waals surface area contributed by atoms with Crippen LogP contribution in [0.4, 0.5) is 0 Å². The lowest BCUT2D eigenvalue weighted by Crippen LogP contribution is -2.40. The summed E-state index contributed by atoms with van der Waals surface area (Å²) in [6, 6.07) is 0. The van der Waals surface area contributed by atoms with Crippen LogP contribution in [0.1, 0.15) is 23.5 Å². The molecule has 4 nitrogen and oxygen atoms in total. The minimum Gasteiger partial charge on any atom is -0.369 e. The molecule has 1 amide bonds. The SMILES string of the molecule is NC(=O)C1CCCN(Cc2nc(CCl)cs2)C1. The van der Waals surface area contributed by atoms with Crippen molar-refractivity contribution in [2.45, 2.75) is 25.3 Å². The van der Waals surface area contributed by atoms with E-state index in [-0.39, 0.29) is 11.8 Å². The van der Waals surface area contributed by atoms with Crippen molar-refractivity contribution < 1.29 is 4.79 Å². The molecule has 0 aliphatic carbocycles. The van der Waals surface area contributed by atoms with Crippen molar-refractivity contribution in [2.24, 2.45) is 11.7 Å². The molecule has 1 aliphatic rings. The van der Waals surface area contributed by atoms with E-state index in [1.165, 1.54) is 0 Å². The van der Waals surface area contributed by atoms with Gasteiger partial charge in [-0.15, -0.1) is 22.9 Å². The molecule has 1 saturated heterocycles. The summed E-state index contributed by atoms with van der Waals surface area (Å²) in [5.74, 6) is 0.270. The van der Waals surface area contributed by atoms with E-state index in [9.17, 15) is 4.79 Å².